The van der Waals surface area contributed by atoms with E-state index < -0.39 is 10.1 Å². The Labute approximate surface area is 227 Å². The lowest BCUT2D eigenvalue weighted by atomic mass is 9.98. The fourth-order valence-electron chi connectivity index (χ4n) is 4.60. The van der Waals surface area contributed by atoms with Crippen molar-refractivity contribution in [1.29, 1.82) is 0 Å². The summed E-state index contributed by atoms with van der Waals surface area (Å²) in [5.41, 5.74) is 4.52. The molecule has 200 valence electrons. The molecule has 8 nitrogen and oxygen atoms in total. The third kappa shape index (κ3) is 6.22. The molecular weight excluding hydrogens is 514 g/mol. The lowest BCUT2D eigenvalue weighted by molar-refractivity contribution is 0.102. The van der Waals surface area contributed by atoms with Crippen molar-refractivity contribution in [2.75, 3.05) is 30.6 Å². The average molecular weight is 544 g/mol. The number of H-pyrrole nitrogens is 1. The van der Waals surface area contributed by atoms with E-state index in [4.69, 9.17) is 8.92 Å². The van der Waals surface area contributed by atoms with E-state index in [1.807, 2.05) is 78.9 Å². The number of rotatable bonds is 10. The summed E-state index contributed by atoms with van der Waals surface area (Å²) in [6.07, 6.45) is 1.31. The zero-order valence-electron chi connectivity index (χ0n) is 21.7. The van der Waals surface area contributed by atoms with Gasteiger partial charge in [0.2, 0.25) is 0 Å². The number of hydrogen-bond donors (Lipinski definition) is 3. The van der Waals surface area contributed by atoms with Crippen molar-refractivity contribution in [2.24, 2.45) is 0 Å². The van der Waals surface area contributed by atoms with Gasteiger partial charge in [-0.25, -0.2) is 0 Å². The van der Waals surface area contributed by atoms with Crippen LogP contribution in [0.15, 0.2) is 84.9 Å². The van der Waals surface area contributed by atoms with Gasteiger partial charge in [-0.15, -0.1) is 0 Å². The molecule has 0 bridgehead atoms. The molecule has 1 heterocycles. The molecule has 0 aliphatic rings. The van der Waals surface area contributed by atoms with E-state index in [2.05, 4.69) is 15.6 Å². The van der Waals surface area contributed by atoms with Gasteiger partial charge in [0, 0.05) is 34.2 Å². The van der Waals surface area contributed by atoms with Crippen molar-refractivity contribution in [3.05, 3.63) is 102 Å². The Hall–Kier alpha value is -4.34. The minimum absolute atomic E-state index is 0.0470. The summed E-state index contributed by atoms with van der Waals surface area (Å²) in [6.45, 7) is 0.549. The average Bonchev–Trinajstić information content (AvgIpc) is 3.36. The lowest BCUT2D eigenvalue weighted by Gasteiger charge is -2.18. The molecule has 0 aliphatic carbocycles. The molecule has 5 aromatic rings. The molecule has 0 aliphatic heterocycles. The highest BCUT2D eigenvalue weighted by atomic mass is 32.2. The molecule has 0 saturated carbocycles. The summed E-state index contributed by atoms with van der Waals surface area (Å²) in [6, 6.07) is 27.1. The standard InChI is InChI=1S/C30H29N3O5S/c1-37-22-12-13-26-21(16-22)17-29(32-26)30(34)33-28-18-27(31-19-20-8-4-3-5-9-20)24-11-7-6-10-23(24)25(28)14-15-38-39(2,35)36/h3-13,16-18,31-32H,14-15,19H2,1-2H3,(H,33,34). The normalized spacial score (nSPS) is 11.5. The molecule has 0 fully saturated rings. The van der Waals surface area contributed by atoms with E-state index in [0.29, 0.717) is 23.7 Å². The second-order valence-corrected chi connectivity index (χ2v) is 10.8. The molecule has 9 heteroatoms. The Morgan fingerprint density at radius 2 is 1.64 bits per heavy atom. The molecule has 0 spiro atoms. The number of carbonyl (C=O) groups excluding carboxylic acids is 1. The van der Waals surface area contributed by atoms with Crippen molar-refractivity contribution in [1.82, 2.24) is 4.98 Å². The van der Waals surface area contributed by atoms with E-state index >= 15 is 0 Å². The van der Waals surface area contributed by atoms with E-state index in [9.17, 15) is 13.2 Å². The lowest BCUT2D eigenvalue weighted by Crippen LogP contribution is -2.15. The third-order valence-corrected chi connectivity index (χ3v) is 7.05. The molecule has 5 rings (SSSR count). The molecule has 4 aromatic carbocycles. The summed E-state index contributed by atoms with van der Waals surface area (Å²) in [7, 11) is -2.01. The number of aromatic nitrogens is 1. The largest absolute Gasteiger partial charge is 0.497 e. The van der Waals surface area contributed by atoms with Crippen LogP contribution in [0.3, 0.4) is 0 Å². The van der Waals surface area contributed by atoms with Gasteiger partial charge in [-0.2, -0.15) is 8.42 Å². The molecule has 0 saturated heterocycles. The number of ether oxygens (including phenoxy) is 1. The van der Waals surface area contributed by atoms with Crippen LogP contribution in [0.1, 0.15) is 21.6 Å². The van der Waals surface area contributed by atoms with Crippen molar-refractivity contribution in [2.45, 2.75) is 13.0 Å². The van der Waals surface area contributed by atoms with Gasteiger partial charge >= 0.3 is 0 Å². The van der Waals surface area contributed by atoms with Gasteiger partial charge in [-0.1, -0.05) is 54.6 Å². The van der Waals surface area contributed by atoms with Gasteiger partial charge < -0.3 is 20.4 Å². The van der Waals surface area contributed by atoms with Crippen molar-refractivity contribution >= 4 is 49.1 Å². The maximum absolute atomic E-state index is 13.4. The zero-order chi connectivity index (χ0) is 27.4. The quantitative estimate of drug-likeness (QED) is 0.195. The Bertz CT molecular complexity index is 1750. The smallest absolute Gasteiger partial charge is 0.272 e. The first-order chi connectivity index (χ1) is 18.8. The molecule has 0 radical (unpaired) electrons. The topological polar surface area (TPSA) is 110 Å². The van der Waals surface area contributed by atoms with Crippen LogP contribution in [0.2, 0.25) is 0 Å². The van der Waals surface area contributed by atoms with Gasteiger partial charge in [0.1, 0.15) is 11.4 Å². The Morgan fingerprint density at radius 3 is 2.38 bits per heavy atom. The second-order valence-electron chi connectivity index (χ2n) is 9.20. The molecule has 3 N–H and O–H groups in total. The number of fused-ring (bicyclic) bond motifs is 2. The minimum Gasteiger partial charge on any atom is -0.497 e. The number of benzene rings is 4. The van der Waals surface area contributed by atoms with Crippen LogP contribution in [-0.4, -0.2) is 39.3 Å². The number of amides is 1. The summed E-state index contributed by atoms with van der Waals surface area (Å²) in [5, 5.41) is 9.25. The second kappa shape index (κ2) is 11.2. The Balaban J connectivity index is 1.52. The van der Waals surface area contributed by atoms with Gasteiger partial charge in [-0.3, -0.25) is 8.98 Å². The first-order valence-electron chi connectivity index (χ1n) is 12.5. The summed E-state index contributed by atoms with van der Waals surface area (Å²) < 4.78 is 33.6. The number of anilines is 2. The molecule has 0 atom stereocenters. The highest BCUT2D eigenvalue weighted by Crippen LogP contribution is 2.34. The van der Waals surface area contributed by atoms with Crippen LogP contribution >= 0.6 is 0 Å². The van der Waals surface area contributed by atoms with E-state index in [1.165, 1.54) is 0 Å². The van der Waals surface area contributed by atoms with Gasteiger partial charge in [0.25, 0.3) is 16.0 Å². The van der Waals surface area contributed by atoms with Crippen LogP contribution in [0.5, 0.6) is 5.75 Å². The molecule has 1 aromatic heterocycles. The number of methoxy groups -OCH3 is 1. The minimum atomic E-state index is -3.61. The fraction of sp³-hybridized carbons (Fsp3) is 0.167. The zero-order valence-corrected chi connectivity index (χ0v) is 22.5. The van der Waals surface area contributed by atoms with E-state index in [-0.39, 0.29) is 18.9 Å². The van der Waals surface area contributed by atoms with Crippen molar-refractivity contribution in [3.63, 3.8) is 0 Å². The van der Waals surface area contributed by atoms with Crippen LogP contribution < -0.4 is 15.4 Å². The fourth-order valence-corrected chi connectivity index (χ4v) is 4.99. The van der Waals surface area contributed by atoms with E-state index in [0.717, 1.165) is 44.7 Å². The maximum atomic E-state index is 13.4. The van der Waals surface area contributed by atoms with Crippen LogP contribution in [0, 0.1) is 0 Å². The Kier molecular flexibility index (Phi) is 7.53. The van der Waals surface area contributed by atoms with E-state index in [1.54, 1.807) is 13.2 Å². The number of aromatic amines is 1. The van der Waals surface area contributed by atoms with Crippen LogP contribution in [0.4, 0.5) is 11.4 Å². The highest BCUT2D eigenvalue weighted by Gasteiger charge is 2.17. The summed E-state index contributed by atoms with van der Waals surface area (Å²) in [4.78, 5) is 16.6. The molecule has 39 heavy (non-hydrogen) atoms. The van der Waals surface area contributed by atoms with Crippen LogP contribution in [0.25, 0.3) is 21.7 Å². The number of carbonyl (C=O) groups is 1. The SMILES string of the molecule is COc1ccc2[nH]c(C(=O)Nc3cc(NCc4ccccc4)c4ccccc4c3CCOS(C)(=O)=O)cc2c1. The van der Waals surface area contributed by atoms with Crippen molar-refractivity contribution < 1.29 is 22.1 Å². The van der Waals surface area contributed by atoms with Gasteiger partial charge in [-0.05, 0) is 53.3 Å². The predicted molar refractivity (Wildman–Crippen MR) is 155 cm³/mol. The third-order valence-electron chi connectivity index (χ3n) is 6.45. The number of hydrogen-bond acceptors (Lipinski definition) is 6. The summed E-state index contributed by atoms with van der Waals surface area (Å²) >= 11 is 0. The monoisotopic (exact) mass is 543 g/mol. The molecular formula is C30H29N3O5S. The van der Waals surface area contributed by atoms with Crippen LogP contribution in [-0.2, 0) is 27.3 Å². The molecule has 1 amide bonds. The maximum Gasteiger partial charge on any atom is 0.272 e. The summed E-state index contributed by atoms with van der Waals surface area (Å²) in [5.74, 6) is 0.380. The van der Waals surface area contributed by atoms with Gasteiger partial charge in [0.15, 0.2) is 0 Å². The first-order valence-corrected chi connectivity index (χ1v) is 14.3. The highest BCUT2D eigenvalue weighted by molar-refractivity contribution is 7.85. The molecule has 0 unspecified atom stereocenters. The number of nitrogens with one attached hydrogen (secondary N) is 3. The first kappa shape index (κ1) is 26.3. The van der Waals surface area contributed by atoms with Gasteiger partial charge in [0.05, 0.1) is 20.0 Å². The predicted octanol–water partition coefficient (Wildman–Crippen LogP) is 5.71. The van der Waals surface area contributed by atoms with Crippen molar-refractivity contribution in [3.8, 4) is 5.75 Å². The Morgan fingerprint density at radius 1 is 0.897 bits per heavy atom.